The molecule has 3 rings (SSSR count). The van der Waals surface area contributed by atoms with Gasteiger partial charge in [0, 0.05) is 13.0 Å². The Labute approximate surface area is 145 Å². The van der Waals surface area contributed by atoms with E-state index >= 15 is 0 Å². The van der Waals surface area contributed by atoms with Crippen LogP contribution in [0.5, 0.6) is 5.75 Å². The van der Waals surface area contributed by atoms with E-state index in [1.807, 2.05) is 12.1 Å². The Morgan fingerprint density at radius 1 is 1.24 bits per heavy atom. The van der Waals surface area contributed by atoms with Crippen molar-refractivity contribution in [1.82, 2.24) is 5.32 Å². The highest BCUT2D eigenvalue weighted by Gasteiger charge is 2.39. The lowest BCUT2D eigenvalue weighted by molar-refractivity contribution is -0.139. The number of halogens is 1. The van der Waals surface area contributed by atoms with Crippen molar-refractivity contribution in [2.75, 3.05) is 13.2 Å². The highest BCUT2D eigenvalue weighted by Crippen LogP contribution is 2.19. The zero-order valence-corrected chi connectivity index (χ0v) is 13.7. The fraction of sp³-hybridized carbons (Fsp3) is 0.316. The van der Waals surface area contributed by atoms with Gasteiger partial charge in [0.15, 0.2) is 5.60 Å². The molecule has 132 valence electrons. The van der Waals surface area contributed by atoms with E-state index in [2.05, 4.69) is 5.32 Å². The summed E-state index contributed by atoms with van der Waals surface area (Å²) in [7, 11) is 0. The van der Waals surface area contributed by atoms with Crippen LogP contribution in [-0.2, 0) is 22.7 Å². The van der Waals surface area contributed by atoms with Crippen LogP contribution < -0.4 is 10.1 Å². The Hall–Kier alpha value is -2.44. The number of rotatable bonds is 6. The zero-order valence-electron chi connectivity index (χ0n) is 13.7. The van der Waals surface area contributed by atoms with Gasteiger partial charge in [-0.15, -0.1) is 0 Å². The van der Waals surface area contributed by atoms with Crippen molar-refractivity contribution in [2.24, 2.45) is 0 Å². The highest BCUT2D eigenvalue weighted by atomic mass is 19.1. The molecule has 1 atom stereocenters. The topological polar surface area (TPSA) is 67.8 Å². The minimum atomic E-state index is -1.42. The van der Waals surface area contributed by atoms with Crippen molar-refractivity contribution in [3.05, 3.63) is 65.5 Å². The standard InChI is InChI=1S/C19H20FNO4/c20-16-3-1-2-15(10-16)12-25-17-6-4-14(5-7-17)11-21-18(22)19(23)8-9-24-13-19/h1-7,10,23H,8-9,11-13H2,(H,21,22). The predicted octanol–water partition coefficient (Wildman–Crippen LogP) is 2.17. The van der Waals surface area contributed by atoms with Gasteiger partial charge >= 0.3 is 0 Å². The molecule has 5 nitrogen and oxygen atoms in total. The summed E-state index contributed by atoms with van der Waals surface area (Å²) in [5.41, 5.74) is 0.214. The molecule has 2 N–H and O–H groups in total. The molecule has 0 aliphatic carbocycles. The molecule has 1 fully saturated rings. The fourth-order valence-corrected chi connectivity index (χ4v) is 2.58. The van der Waals surface area contributed by atoms with Crippen LogP contribution in [0.2, 0.25) is 0 Å². The highest BCUT2D eigenvalue weighted by molar-refractivity contribution is 5.85. The Balaban J connectivity index is 1.49. The van der Waals surface area contributed by atoms with E-state index in [0.29, 0.717) is 25.3 Å². The average molecular weight is 345 g/mol. The second-order valence-electron chi connectivity index (χ2n) is 6.08. The van der Waals surface area contributed by atoms with Gasteiger partial charge in [-0.1, -0.05) is 24.3 Å². The summed E-state index contributed by atoms with van der Waals surface area (Å²) in [6, 6.07) is 13.5. The Morgan fingerprint density at radius 2 is 2.04 bits per heavy atom. The van der Waals surface area contributed by atoms with Crippen molar-refractivity contribution >= 4 is 5.91 Å². The Morgan fingerprint density at radius 3 is 2.72 bits per heavy atom. The molecule has 1 heterocycles. The van der Waals surface area contributed by atoms with Gasteiger partial charge in [-0.25, -0.2) is 4.39 Å². The molecule has 0 bridgehead atoms. The van der Waals surface area contributed by atoms with Crippen LogP contribution in [0.1, 0.15) is 17.5 Å². The van der Waals surface area contributed by atoms with Crippen molar-refractivity contribution in [3.8, 4) is 5.75 Å². The van der Waals surface area contributed by atoms with Crippen molar-refractivity contribution < 1.29 is 23.8 Å². The van der Waals surface area contributed by atoms with Crippen LogP contribution in [-0.4, -0.2) is 29.8 Å². The second-order valence-corrected chi connectivity index (χ2v) is 6.08. The zero-order chi connectivity index (χ0) is 17.7. The first-order valence-electron chi connectivity index (χ1n) is 8.10. The third-order valence-corrected chi connectivity index (χ3v) is 4.09. The Kier molecular flexibility index (Phi) is 5.31. The number of hydrogen-bond acceptors (Lipinski definition) is 4. The van der Waals surface area contributed by atoms with E-state index in [-0.39, 0.29) is 19.0 Å². The van der Waals surface area contributed by atoms with Gasteiger partial charge in [-0.2, -0.15) is 0 Å². The van der Waals surface area contributed by atoms with Crippen molar-refractivity contribution in [1.29, 1.82) is 0 Å². The van der Waals surface area contributed by atoms with Crippen LogP contribution in [0.15, 0.2) is 48.5 Å². The van der Waals surface area contributed by atoms with Gasteiger partial charge < -0.3 is 19.9 Å². The first-order valence-corrected chi connectivity index (χ1v) is 8.10. The Bertz CT molecular complexity index is 726. The molecule has 0 saturated carbocycles. The molecule has 0 radical (unpaired) electrons. The first-order chi connectivity index (χ1) is 12.0. The summed E-state index contributed by atoms with van der Waals surface area (Å²) >= 11 is 0. The van der Waals surface area contributed by atoms with Crippen LogP contribution in [0, 0.1) is 5.82 Å². The summed E-state index contributed by atoms with van der Waals surface area (Å²) in [5.74, 6) is -0.0555. The van der Waals surface area contributed by atoms with Crippen LogP contribution >= 0.6 is 0 Å². The number of ether oxygens (including phenoxy) is 2. The van der Waals surface area contributed by atoms with Crippen LogP contribution in [0.3, 0.4) is 0 Å². The molecule has 2 aromatic carbocycles. The number of carbonyl (C=O) groups is 1. The molecule has 1 aliphatic rings. The smallest absolute Gasteiger partial charge is 0.254 e. The molecular weight excluding hydrogens is 325 g/mol. The summed E-state index contributed by atoms with van der Waals surface area (Å²) < 4.78 is 23.8. The maximum atomic E-state index is 13.1. The van der Waals surface area contributed by atoms with Gasteiger partial charge in [0.05, 0.1) is 13.2 Å². The monoisotopic (exact) mass is 345 g/mol. The van der Waals surface area contributed by atoms with E-state index in [9.17, 15) is 14.3 Å². The van der Waals surface area contributed by atoms with Gasteiger partial charge in [-0.05, 0) is 35.4 Å². The number of amides is 1. The van der Waals surface area contributed by atoms with Gasteiger partial charge in [-0.3, -0.25) is 4.79 Å². The van der Waals surface area contributed by atoms with E-state index in [4.69, 9.17) is 9.47 Å². The van der Waals surface area contributed by atoms with E-state index in [0.717, 1.165) is 11.1 Å². The molecular formula is C19H20FNO4. The maximum absolute atomic E-state index is 13.1. The number of aliphatic hydroxyl groups is 1. The quantitative estimate of drug-likeness (QED) is 0.842. The lowest BCUT2D eigenvalue weighted by Gasteiger charge is -2.19. The maximum Gasteiger partial charge on any atom is 0.254 e. The summed E-state index contributed by atoms with van der Waals surface area (Å²) in [4.78, 5) is 12.0. The number of carbonyl (C=O) groups excluding carboxylic acids is 1. The number of hydrogen-bond donors (Lipinski definition) is 2. The minimum absolute atomic E-state index is 0.0334. The van der Waals surface area contributed by atoms with E-state index in [1.54, 1.807) is 24.3 Å². The third-order valence-electron chi connectivity index (χ3n) is 4.09. The molecule has 0 aromatic heterocycles. The number of nitrogens with one attached hydrogen (secondary N) is 1. The molecule has 1 unspecified atom stereocenters. The van der Waals surface area contributed by atoms with E-state index in [1.165, 1.54) is 12.1 Å². The van der Waals surface area contributed by atoms with Crippen molar-refractivity contribution in [2.45, 2.75) is 25.2 Å². The number of benzene rings is 2. The summed E-state index contributed by atoms with van der Waals surface area (Å²) in [6.07, 6.45) is 0.311. The largest absolute Gasteiger partial charge is 0.489 e. The van der Waals surface area contributed by atoms with Crippen LogP contribution in [0.4, 0.5) is 4.39 Å². The van der Waals surface area contributed by atoms with Gasteiger partial charge in [0.1, 0.15) is 18.2 Å². The summed E-state index contributed by atoms with van der Waals surface area (Å²) in [6.45, 7) is 1.01. The lowest BCUT2D eigenvalue weighted by Crippen LogP contribution is -2.47. The lowest BCUT2D eigenvalue weighted by atomic mass is 10.0. The molecule has 6 heteroatoms. The second kappa shape index (κ2) is 7.63. The van der Waals surface area contributed by atoms with E-state index < -0.39 is 11.5 Å². The van der Waals surface area contributed by atoms with Crippen molar-refractivity contribution in [3.63, 3.8) is 0 Å². The third kappa shape index (κ3) is 4.55. The minimum Gasteiger partial charge on any atom is -0.489 e. The molecule has 1 amide bonds. The van der Waals surface area contributed by atoms with Gasteiger partial charge in [0.2, 0.25) is 0 Å². The summed E-state index contributed by atoms with van der Waals surface area (Å²) in [5, 5.41) is 12.8. The normalized spacial score (nSPS) is 19.6. The predicted molar refractivity (Wildman–Crippen MR) is 89.4 cm³/mol. The fourth-order valence-electron chi connectivity index (χ4n) is 2.58. The first kappa shape index (κ1) is 17.4. The molecule has 1 aliphatic heterocycles. The molecule has 25 heavy (non-hydrogen) atoms. The van der Waals surface area contributed by atoms with Crippen LogP contribution in [0.25, 0.3) is 0 Å². The average Bonchev–Trinajstić information content (AvgIpc) is 3.07. The molecule has 2 aromatic rings. The van der Waals surface area contributed by atoms with Gasteiger partial charge in [0.25, 0.3) is 5.91 Å². The molecule has 1 saturated heterocycles. The SMILES string of the molecule is O=C(NCc1ccc(OCc2cccc(F)c2)cc1)C1(O)CCOC1. The molecule has 0 spiro atoms.